The lowest BCUT2D eigenvalue weighted by Gasteiger charge is -2.20. The number of rotatable bonds is 8. The smallest absolute Gasteiger partial charge is 0.307 e. The molecule has 102 valence electrons. The van der Waals surface area contributed by atoms with Gasteiger partial charge >= 0.3 is 5.97 Å². The van der Waals surface area contributed by atoms with E-state index in [0.717, 1.165) is 0 Å². The fourth-order valence-electron chi connectivity index (χ4n) is 1.40. The van der Waals surface area contributed by atoms with E-state index < -0.39 is 0 Å². The zero-order chi connectivity index (χ0) is 14.0. The molecule has 1 N–H and O–H groups in total. The maximum absolute atomic E-state index is 11.6. The van der Waals surface area contributed by atoms with Crippen molar-refractivity contribution in [1.82, 2.24) is 10.2 Å². The number of carbonyl (C=O) groups is 2. The standard InChI is InChI=1S/C12H21N3O3/c1-4-15(8-10(2)7-13)9-11(16)14-6-5-12(17)18-3/h10H,4-6,8-9H2,1-3H3,(H,14,16). The van der Waals surface area contributed by atoms with Gasteiger partial charge in [-0.05, 0) is 13.5 Å². The lowest BCUT2D eigenvalue weighted by Crippen LogP contribution is -2.39. The zero-order valence-electron chi connectivity index (χ0n) is 11.2. The summed E-state index contributed by atoms with van der Waals surface area (Å²) in [5.74, 6) is -0.598. The van der Waals surface area contributed by atoms with E-state index in [4.69, 9.17) is 5.26 Å². The van der Waals surface area contributed by atoms with E-state index >= 15 is 0 Å². The van der Waals surface area contributed by atoms with Gasteiger partial charge < -0.3 is 10.1 Å². The molecule has 0 aliphatic carbocycles. The van der Waals surface area contributed by atoms with Crippen LogP contribution in [0.4, 0.5) is 0 Å². The highest BCUT2D eigenvalue weighted by Gasteiger charge is 2.12. The molecule has 0 aromatic carbocycles. The monoisotopic (exact) mass is 255 g/mol. The minimum absolute atomic E-state index is 0.104. The maximum Gasteiger partial charge on any atom is 0.307 e. The number of methoxy groups -OCH3 is 1. The van der Waals surface area contributed by atoms with E-state index in [0.29, 0.717) is 13.1 Å². The van der Waals surface area contributed by atoms with Gasteiger partial charge in [0.15, 0.2) is 0 Å². The van der Waals surface area contributed by atoms with Gasteiger partial charge in [-0.25, -0.2) is 0 Å². The van der Waals surface area contributed by atoms with Crippen molar-refractivity contribution in [3.8, 4) is 6.07 Å². The number of ether oxygens (including phenoxy) is 1. The van der Waals surface area contributed by atoms with Crippen molar-refractivity contribution >= 4 is 11.9 Å². The normalized spacial score (nSPS) is 11.7. The summed E-state index contributed by atoms with van der Waals surface area (Å²) in [4.78, 5) is 24.3. The van der Waals surface area contributed by atoms with Gasteiger partial charge in [-0.1, -0.05) is 6.92 Å². The number of nitrogens with one attached hydrogen (secondary N) is 1. The molecule has 0 spiro atoms. The SMILES string of the molecule is CCN(CC(=O)NCCC(=O)OC)CC(C)C#N. The molecule has 1 unspecified atom stereocenters. The molecule has 0 saturated heterocycles. The molecule has 0 fully saturated rings. The van der Waals surface area contributed by atoms with Crippen molar-refractivity contribution in [2.24, 2.45) is 5.92 Å². The van der Waals surface area contributed by atoms with Crippen LogP contribution in [0.25, 0.3) is 0 Å². The number of nitriles is 1. The topological polar surface area (TPSA) is 82.4 Å². The lowest BCUT2D eigenvalue weighted by molar-refractivity contribution is -0.140. The molecule has 1 atom stereocenters. The Bertz CT molecular complexity index is 312. The highest BCUT2D eigenvalue weighted by molar-refractivity contribution is 5.78. The summed E-state index contributed by atoms with van der Waals surface area (Å²) >= 11 is 0. The van der Waals surface area contributed by atoms with Crippen LogP contribution < -0.4 is 5.32 Å². The first-order valence-electron chi connectivity index (χ1n) is 5.98. The molecule has 0 bridgehead atoms. The Balaban J connectivity index is 3.90. The Morgan fingerprint density at radius 3 is 2.67 bits per heavy atom. The first-order valence-corrected chi connectivity index (χ1v) is 5.98. The summed E-state index contributed by atoms with van der Waals surface area (Å²) in [6.07, 6.45) is 0.170. The van der Waals surface area contributed by atoms with Crippen molar-refractivity contribution in [1.29, 1.82) is 5.26 Å². The van der Waals surface area contributed by atoms with Gasteiger partial charge in [-0.15, -0.1) is 0 Å². The van der Waals surface area contributed by atoms with Crippen LogP contribution in [0.3, 0.4) is 0 Å². The largest absolute Gasteiger partial charge is 0.469 e. The van der Waals surface area contributed by atoms with Gasteiger partial charge in [0.05, 0.1) is 32.1 Å². The van der Waals surface area contributed by atoms with E-state index in [2.05, 4.69) is 16.1 Å². The Kier molecular flexibility index (Phi) is 8.58. The molecule has 0 heterocycles. The van der Waals surface area contributed by atoms with Gasteiger partial charge in [-0.2, -0.15) is 5.26 Å². The highest BCUT2D eigenvalue weighted by atomic mass is 16.5. The van der Waals surface area contributed by atoms with E-state index in [1.165, 1.54) is 7.11 Å². The second-order valence-corrected chi connectivity index (χ2v) is 4.03. The van der Waals surface area contributed by atoms with Crippen LogP contribution in [0, 0.1) is 17.2 Å². The average molecular weight is 255 g/mol. The fraction of sp³-hybridized carbons (Fsp3) is 0.750. The Hall–Kier alpha value is -1.61. The van der Waals surface area contributed by atoms with E-state index in [-0.39, 0.29) is 37.3 Å². The second-order valence-electron chi connectivity index (χ2n) is 4.03. The summed E-state index contributed by atoms with van der Waals surface area (Å²) in [7, 11) is 1.31. The molecule has 18 heavy (non-hydrogen) atoms. The molecule has 0 aromatic rings. The first kappa shape index (κ1) is 16.4. The van der Waals surface area contributed by atoms with Crippen LogP contribution in [0.2, 0.25) is 0 Å². The van der Waals surface area contributed by atoms with Crippen LogP contribution in [-0.4, -0.2) is 50.1 Å². The predicted octanol–water partition coefficient (Wildman–Crippen LogP) is 0.147. The van der Waals surface area contributed by atoms with Crippen molar-refractivity contribution < 1.29 is 14.3 Å². The number of hydrogen-bond acceptors (Lipinski definition) is 5. The Morgan fingerprint density at radius 2 is 2.17 bits per heavy atom. The minimum atomic E-state index is -0.347. The van der Waals surface area contributed by atoms with E-state index in [1.807, 2.05) is 18.7 Å². The third-order valence-electron chi connectivity index (χ3n) is 2.45. The van der Waals surface area contributed by atoms with Crippen LogP contribution in [0.5, 0.6) is 0 Å². The van der Waals surface area contributed by atoms with E-state index in [1.54, 1.807) is 0 Å². The molecule has 0 aliphatic rings. The number of amides is 1. The second kappa shape index (κ2) is 9.42. The molecule has 0 aromatic heterocycles. The lowest BCUT2D eigenvalue weighted by atomic mass is 10.2. The molecule has 0 rings (SSSR count). The number of esters is 1. The third kappa shape index (κ3) is 7.63. The molecule has 0 saturated carbocycles. The highest BCUT2D eigenvalue weighted by Crippen LogP contribution is 1.97. The van der Waals surface area contributed by atoms with Crippen LogP contribution in [-0.2, 0) is 14.3 Å². The molecular weight excluding hydrogens is 234 g/mol. The summed E-state index contributed by atoms with van der Waals surface area (Å²) in [5, 5.41) is 11.4. The number of hydrogen-bond donors (Lipinski definition) is 1. The Morgan fingerprint density at radius 1 is 1.50 bits per heavy atom. The van der Waals surface area contributed by atoms with Gasteiger partial charge in [0.25, 0.3) is 0 Å². The fourth-order valence-corrected chi connectivity index (χ4v) is 1.40. The minimum Gasteiger partial charge on any atom is -0.469 e. The molecule has 1 amide bonds. The van der Waals surface area contributed by atoms with E-state index in [9.17, 15) is 9.59 Å². The van der Waals surface area contributed by atoms with Crippen molar-refractivity contribution in [3.05, 3.63) is 0 Å². The summed E-state index contributed by atoms with van der Waals surface area (Å²) in [5.41, 5.74) is 0. The van der Waals surface area contributed by atoms with Gasteiger partial charge in [0, 0.05) is 13.1 Å². The van der Waals surface area contributed by atoms with Gasteiger partial charge in [0.2, 0.25) is 5.91 Å². The van der Waals surface area contributed by atoms with Crippen LogP contribution in [0.15, 0.2) is 0 Å². The maximum atomic E-state index is 11.6. The summed E-state index contributed by atoms with van der Waals surface area (Å²) in [6, 6.07) is 2.13. The van der Waals surface area contributed by atoms with Crippen molar-refractivity contribution in [2.75, 3.05) is 33.3 Å². The zero-order valence-corrected chi connectivity index (χ0v) is 11.2. The molecule has 6 nitrogen and oxygen atoms in total. The molecule has 0 radical (unpaired) electrons. The quantitative estimate of drug-likeness (QED) is 0.624. The van der Waals surface area contributed by atoms with Crippen molar-refractivity contribution in [3.63, 3.8) is 0 Å². The molecule has 0 aliphatic heterocycles. The van der Waals surface area contributed by atoms with Crippen LogP contribution >= 0.6 is 0 Å². The Labute approximate surface area is 108 Å². The number of nitrogens with zero attached hydrogens (tertiary/aromatic N) is 2. The number of likely N-dealkylation sites (N-methyl/N-ethyl adjacent to an activating group) is 1. The van der Waals surface area contributed by atoms with Gasteiger partial charge in [-0.3, -0.25) is 14.5 Å². The first-order chi connectivity index (χ1) is 8.53. The van der Waals surface area contributed by atoms with Crippen LogP contribution in [0.1, 0.15) is 20.3 Å². The van der Waals surface area contributed by atoms with Crippen molar-refractivity contribution in [2.45, 2.75) is 20.3 Å². The molecular formula is C12H21N3O3. The molecule has 6 heteroatoms. The number of carbonyl (C=O) groups excluding carboxylic acids is 2. The van der Waals surface area contributed by atoms with Gasteiger partial charge in [0.1, 0.15) is 0 Å². The summed E-state index contributed by atoms with van der Waals surface area (Å²) < 4.78 is 4.46. The predicted molar refractivity (Wildman–Crippen MR) is 66.5 cm³/mol. The average Bonchev–Trinajstić information content (AvgIpc) is 2.37. The summed E-state index contributed by atoms with van der Waals surface area (Å²) in [6.45, 7) is 5.54. The third-order valence-corrected chi connectivity index (χ3v) is 2.45.